The minimum atomic E-state index is -3.40. The first-order valence-electron chi connectivity index (χ1n) is 7.38. The third-order valence-corrected chi connectivity index (χ3v) is 6.40. The maximum Gasteiger partial charge on any atom is 0.242 e. The summed E-state index contributed by atoms with van der Waals surface area (Å²) in [6, 6.07) is 2.12. The van der Waals surface area contributed by atoms with Gasteiger partial charge < -0.3 is 9.88 Å². The zero-order chi connectivity index (χ0) is 15.5. The summed E-state index contributed by atoms with van der Waals surface area (Å²) in [5.74, 6) is 1.14. The van der Waals surface area contributed by atoms with Gasteiger partial charge in [-0.05, 0) is 24.7 Å². The Morgan fingerprint density at radius 3 is 2.86 bits per heavy atom. The SMILES string of the molecule is CC(C)NCc1cc(S(=O)(=O)NCC2CCCS2)cn1C. The molecule has 1 aliphatic heterocycles. The molecule has 1 atom stereocenters. The Balaban J connectivity index is 2.00. The third kappa shape index (κ3) is 4.74. The maximum atomic E-state index is 12.3. The van der Waals surface area contributed by atoms with Crippen LogP contribution in [0.25, 0.3) is 0 Å². The first-order chi connectivity index (χ1) is 9.88. The molecule has 0 bridgehead atoms. The van der Waals surface area contributed by atoms with Crippen LogP contribution in [-0.4, -0.2) is 36.6 Å². The van der Waals surface area contributed by atoms with Crippen LogP contribution >= 0.6 is 11.8 Å². The normalized spacial score (nSPS) is 19.5. The van der Waals surface area contributed by atoms with Gasteiger partial charge in [-0.15, -0.1) is 0 Å². The van der Waals surface area contributed by atoms with Crippen LogP contribution in [0.2, 0.25) is 0 Å². The smallest absolute Gasteiger partial charge is 0.242 e. The number of sulfonamides is 1. The van der Waals surface area contributed by atoms with E-state index in [9.17, 15) is 8.42 Å². The molecule has 0 saturated carbocycles. The van der Waals surface area contributed by atoms with Crippen molar-refractivity contribution in [3.05, 3.63) is 18.0 Å². The van der Waals surface area contributed by atoms with E-state index in [0.29, 0.717) is 29.3 Å². The highest BCUT2D eigenvalue weighted by Gasteiger charge is 2.21. The van der Waals surface area contributed by atoms with Gasteiger partial charge in [0, 0.05) is 43.3 Å². The molecule has 2 N–H and O–H groups in total. The topological polar surface area (TPSA) is 63.1 Å². The summed E-state index contributed by atoms with van der Waals surface area (Å²) in [4.78, 5) is 0.355. The quantitative estimate of drug-likeness (QED) is 0.798. The zero-order valence-electron chi connectivity index (χ0n) is 12.9. The van der Waals surface area contributed by atoms with Gasteiger partial charge in [0.05, 0.1) is 4.90 Å². The van der Waals surface area contributed by atoms with Gasteiger partial charge >= 0.3 is 0 Å². The van der Waals surface area contributed by atoms with Crippen LogP contribution in [-0.2, 0) is 23.6 Å². The maximum absolute atomic E-state index is 12.3. The number of hydrogen-bond donors (Lipinski definition) is 2. The molecule has 1 fully saturated rings. The summed E-state index contributed by atoms with van der Waals surface area (Å²) in [7, 11) is -1.52. The van der Waals surface area contributed by atoms with Crippen LogP contribution in [0.5, 0.6) is 0 Å². The molecule has 0 aromatic carbocycles. The van der Waals surface area contributed by atoms with Crippen molar-refractivity contribution in [2.75, 3.05) is 12.3 Å². The lowest BCUT2D eigenvalue weighted by Gasteiger charge is -2.09. The van der Waals surface area contributed by atoms with Crippen molar-refractivity contribution in [1.29, 1.82) is 0 Å². The summed E-state index contributed by atoms with van der Waals surface area (Å²) < 4.78 is 29.3. The molecule has 1 unspecified atom stereocenters. The number of thioether (sulfide) groups is 1. The van der Waals surface area contributed by atoms with Gasteiger partial charge in [0.2, 0.25) is 10.0 Å². The molecule has 7 heteroatoms. The highest BCUT2D eigenvalue weighted by Crippen LogP contribution is 2.25. The van der Waals surface area contributed by atoms with Gasteiger partial charge in [-0.25, -0.2) is 13.1 Å². The van der Waals surface area contributed by atoms with Gasteiger partial charge in [-0.2, -0.15) is 11.8 Å². The molecule has 1 aromatic rings. The van der Waals surface area contributed by atoms with E-state index < -0.39 is 10.0 Å². The van der Waals surface area contributed by atoms with Crippen molar-refractivity contribution in [3.8, 4) is 0 Å². The van der Waals surface area contributed by atoms with E-state index in [2.05, 4.69) is 23.9 Å². The van der Waals surface area contributed by atoms with Crippen molar-refractivity contribution in [2.24, 2.45) is 7.05 Å². The Morgan fingerprint density at radius 1 is 1.48 bits per heavy atom. The van der Waals surface area contributed by atoms with E-state index >= 15 is 0 Å². The van der Waals surface area contributed by atoms with Crippen LogP contribution in [0.1, 0.15) is 32.4 Å². The summed E-state index contributed by atoms with van der Waals surface area (Å²) >= 11 is 1.86. The van der Waals surface area contributed by atoms with Gasteiger partial charge in [-0.3, -0.25) is 0 Å². The van der Waals surface area contributed by atoms with E-state index in [1.165, 1.54) is 6.42 Å². The predicted octanol–water partition coefficient (Wildman–Crippen LogP) is 1.70. The standard InChI is InChI=1S/C14H25N3O2S2/c1-11(2)15-8-12-7-14(10-17(12)3)21(18,19)16-9-13-5-4-6-20-13/h7,10-11,13,15-16H,4-6,8-9H2,1-3H3. The molecule has 2 rings (SSSR count). The Morgan fingerprint density at radius 2 is 2.24 bits per heavy atom. The van der Waals surface area contributed by atoms with E-state index in [0.717, 1.165) is 17.9 Å². The predicted molar refractivity (Wildman–Crippen MR) is 88.1 cm³/mol. The van der Waals surface area contributed by atoms with E-state index in [-0.39, 0.29) is 0 Å². The van der Waals surface area contributed by atoms with Crippen molar-refractivity contribution >= 4 is 21.8 Å². The Labute approximate surface area is 131 Å². The second kappa shape index (κ2) is 7.17. The molecule has 0 aliphatic carbocycles. The monoisotopic (exact) mass is 331 g/mol. The van der Waals surface area contributed by atoms with Crippen LogP contribution in [0.4, 0.5) is 0 Å². The number of rotatable bonds is 7. The highest BCUT2D eigenvalue weighted by molar-refractivity contribution is 8.00. The fourth-order valence-corrected chi connectivity index (χ4v) is 4.78. The Kier molecular flexibility index (Phi) is 5.76. The van der Waals surface area contributed by atoms with Crippen LogP contribution in [0, 0.1) is 0 Å². The number of aryl methyl sites for hydroxylation is 1. The van der Waals surface area contributed by atoms with E-state index in [4.69, 9.17) is 0 Å². The second-order valence-electron chi connectivity index (χ2n) is 5.80. The molecule has 1 aliphatic rings. The summed E-state index contributed by atoms with van der Waals surface area (Å²) in [5, 5.41) is 3.73. The number of aromatic nitrogens is 1. The minimum absolute atomic E-state index is 0.355. The third-order valence-electron chi connectivity index (χ3n) is 3.61. The Bertz CT molecular complexity index is 561. The lowest BCUT2D eigenvalue weighted by atomic mass is 10.2. The van der Waals surface area contributed by atoms with Gasteiger partial charge in [-0.1, -0.05) is 13.8 Å². The van der Waals surface area contributed by atoms with E-state index in [1.807, 2.05) is 23.4 Å². The van der Waals surface area contributed by atoms with Crippen LogP contribution < -0.4 is 10.0 Å². The number of nitrogens with zero attached hydrogens (tertiary/aromatic N) is 1. The average molecular weight is 332 g/mol. The average Bonchev–Trinajstić information content (AvgIpc) is 3.04. The largest absolute Gasteiger partial charge is 0.352 e. The number of hydrogen-bond acceptors (Lipinski definition) is 4. The first kappa shape index (κ1) is 16.9. The van der Waals surface area contributed by atoms with Crippen molar-refractivity contribution in [3.63, 3.8) is 0 Å². The fraction of sp³-hybridized carbons (Fsp3) is 0.714. The van der Waals surface area contributed by atoms with Crippen molar-refractivity contribution in [1.82, 2.24) is 14.6 Å². The number of nitrogens with one attached hydrogen (secondary N) is 2. The molecule has 120 valence electrons. The van der Waals surface area contributed by atoms with Gasteiger partial charge in [0.1, 0.15) is 0 Å². The van der Waals surface area contributed by atoms with Crippen LogP contribution in [0.3, 0.4) is 0 Å². The molecule has 21 heavy (non-hydrogen) atoms. The molecule has 0 spiro atoms. The molecule has 0 amide bonds. The molecular weight excluding hydrogens is 306 g/mol. The minimum Gasteiger partial charge on any atom is -0.352 e. The van der Waals surface area contributed by atoms with Gasteiger partial charge in [0.25, 0.3) is 0 Å². The summed E-state index contributed by atoms with van der Waals surface area (Å²) in [6.07, 6.45) is 3.97. The lowest BCUT2D eigenvalue weighted by Crippen LogP contribution is -2.29. The van der Waals surface area contributed by atoms with Crippen molar-refractivity contribution in [2.45, 2.75) is 49.4 Å². The van der Waals surface area contributed by atoms with Crippen molar-refractivity contribution < 1.29 is 8.42 Å². The first-order valence-corrected chi connectivity index (χ1v) is 9.91. The molecule has 2 heterocycles. The molecular formula is C14H25N3O2S2. The Hall–Kier alpha value is -0.500. The van der Waals surface area contributed by atoms with Crippen LogP contribution in [0.15, 0.2) is 17.2 Å². The second-order valence-corrected chi connectivity index (χ2v) is 8.98. The summed E-state index contributed by atoms with van der Waals surface area (Å²) in [6.45, 7) is 5.34. The molecule has 5 nitrogen and oxygen atoms in total. The molecule has 0 radical (unpaired) electrons. The highest BCUT2D eigenvalue weighted by atomic mass is 32.2. The zero-order valence-corrected chi connectivity index (χ0v) is 14.6. The van der Waals surface area contributed by atoms with E-state index in [1.54, 1.807) is 12.3 Å². The molecule has 1 saturated heterocycles. The summed E-state index contributed by atoms with van der Waals surface area (Å²) in [5.41, 5.74) is 0.972. The fourth-order valence-electron chi connectivity index (χ4n) is 2.30. The van der Waals surface area contributed by atoms with Gasteiger partial charge in [0.15, 0.2) is 0 Å². The molecule has 1 aromatic heterocycles. The lowest BCUT2D eigenvalue weighted by molar-refractivity contribution is 0.571.